The molecule has 0 aromatic heterocycles. The summed E-state index contributed by atoms with van der Waals surface area (Å²) in [4.78, 5) is 10.5. The molecule has 1 saturated heterocycles. The Bertz CT molecular complexity index is 133. The van der Waals surface area contributed by atoms with Crippen LogP contribution in [0.3, 0.4) is 0 Å². The third-order valence-electron chi connectivity index (χ3n) is 2.04. The normalized spacial score (nSPS) is 32.5. The summed E-state index contributed by atoms with van der Waals surface area (Å²) in [5.74, 6) is -0.744. The Morgan fingerprint density at radius 2 is 2.40 bits per heavy atom. The van der Waals surface area contributed by atoms with Gasteiger partial charge in [0.05, 0.1) is 19.1 Å². The molecule has 58 valence electrons. The van der Waals surface area contributed by atoms with Crippen molar-refractivity contribution in [1.29, 1.82) is 0 Å². The molecular formula is C7H12O3. The predicted molar refractivity (Wildman–Crippen MR) is 35.7 cm³/mol. The number of hydrogen-bond acceptors (Lipinski definition) is 2. The molecule has 1 heterocycles. The number of hydrogen-bond donors (Lipinski definition) is 1. The Labute approximate surface area is 60.0 Å². The van der Waals surface area contributed by atoms with E-state index in [2.05, 4.69) is 0 Å². The Balaban J connectivity index is 2.50. The highest BCUT2D eigenvalue weighted by Gasteiger charge is 2.32. The smallest absolute Gasteiger partial charge is 0.309 e. The number of carbonyl (C=O) groups is 1. The van der Waals surface area contributed by atoms with E-state index in [1.165, 1.54) is 0 Å². The van der Waals surface area contributed by atoms with E-state index in [1.54, 1.807) is 0 Å². The van der Waals surface area contributed by atoms with Crippen LogP contribution in [0.5, 0.6) is 0 Å². The van der Waals surface area contributed by atoms with Crippen LogP contribution in [0.15, 0.2) is 0 Å². The van der Waals surface area contributed by atoms with Gasteiger partial charge < -0.3 is 9.84 Å². The maximum atomic E-state index is 10.5. The Hall–Kier alpha value is -0.570. The number of ether oxygens (including phenoxy) is 1. The number of aliphatic carboxylic acids is 1. The Morgan fingerprint density at radius 1 is 1.70 bits per heavy atom. The molecule has 0 amide bonds. The van der Waals surface area contributed by atoms with Gasteiger partial charge in [-0.1, -0.05) is 13.3 Å². The zero-order valence-corrected chi connectivity index (χ0v) is 6.04. The van der Waals surface area contributed by atoms with Gasteiger partial charge in [0.15, 0.2) is 0 Å². The highest BCUT2D eigenvalue weighted by molar-refractivity contribution is 5.70. The first-order chi connectivity index (χ1) is 4.75. The highest BCUT2D eigenvalue weighted by atomic mass is 16.5. The van der Waals surface area contributed by atoms with Gasteiger partial charge in [-0.15, -0.1) is 0 Å². The fraction of sp³-hybridized carbons (Fsp3) is 0.857. The zero-order chi connectivity index (χ0) is 7.56. The fourth-order valence-electron chi connectivity index (χ4n) is 1.27. The number of carboxylic acids is 1. The molecule has 3 heteroatoms. The van der Waals surface area contributed by atoms with Crippen LogP contribution in [0, 0.1) is 11.8 Å². The van der Waals surface area contributed by atoms with Gasteiger partial charge in [0, 0.05) is 0 Å². The van der Waals surface area contributed by atoms with Gasteiger partial charge in [-0.05, 0) is 5.92 Å². The third kappa shape index (κ3) is 1.29. The molecule has 1 rings (SSSR count). The summed E-state index contributed by atoms with van der Waals surface area (Å²) >= 11 is 0. The van der Waals surface area contributed by atoms with E-state index in [0.29, 0.717) is 13.2 Å². The molecule has 10 heavy (non-hydrogen) atoms. The van der Waals surface area contributed by atoms with Gasteiger partial charge in [-0.25, -0.2) is 0 Å². The molecule has 0 aliphatic carbocycles. The van der Waals surface area contributed by atoms with Crippen LogP contribution >= 0.6 is 0 Å². The molecule has 1 aliphatic rings. The van der Waals surface area contributed by atoms with E-state index in [0.717, 1.165) is 6.42 Å². The first-order valence-electron chi connectivity index (χ1n) is 3.56. The van der Waals surface area contributed by atoms with Crippen molar-refractivity contribution in [1.82, 2.24) is 0 Å². The second-order valence-electron chi connectivity index (χ2n) is 2.65. The maximum Gasteiger partial charge on any atom is 0.309 e. The van der Waals surface area contributed by atoms with Crippen LogP contribution in [0.4, 0.5) is 0 Å². The van der Waals surface area contributed by atoms with Gasteiger partial charge in [0.2, 0.25) is 0 Å². The minimum Gasteiger partial charge on any atom is -0.481 e. The zero-order valence-electron chi connectivity index (χ0n) is 6.04. The summed E-state index contributed by atoms with van der Waals surface area (Å²) in [6, 6.07) is 0. The maximum absolute atomic E-state index is 10.5. The monoisotopic (exact) mass is 144 g/mol. The van der Waals surface area contributed by atoms with Gasteiger partial charge in [0.1, 0.15) is 0 Å². The minimum absolute atomic E-state index is 0.234. The number of rotatable bonds is 2. The van der Waals surface area contributed by atoms with E-state index in [4.69, 9.17) is 9.84 Å². The molecule has 0 spiro atoms. The topological polar surface area (TPSA) is 46.5 Å². The minimum atomic E-state index is -0.718. The van der Waals surface area contributed by atoms with E-state index in [-0.39, 0.29) is 11.8 Å². The van der Waals surface area contributed by atoms with Crippen LogP contribution < -0.4 is 0 Å². The predicted octanol–water partition coefficient (Wildman–Crippen LogP) is 0.744. The van der Waals surface area contributed by atoms with Gasteiger partial charge >= 0.3 is 5.97 Å². The van der Waals surface area contributed by atoms with Crippen molar-refractivity contribution in [3.05, 3.63) is 0 Å². The van der Waals surface area contributed by atoms with Crippen molar-refractivity contribution < 1.29 is 14.6 Å². The average molecular weight is 144 g/mol. The SMILES string of the molecule is CCC1COCC1C(=O)O. The Kier molecular flexibility index (Phi) is 2.27. The molecule has 3 nitrogen and oxygen atoms in total. The molecule has 1 aliphatic heterocycles. The van der Waals surface area contributed by atoms with E-state index in [9.17, 15) is 4.79 Å². The van der Waals surface area contributed by atoms with Crippen molar-refractivity contribution in [3.8, 4) is 0 Å². The van der Waals surface area contributed by atoms with Crippen molar-refractivity contribution in [2.45, 2.75) is 13.3 Å². The van der Waals surface area contributed by atoms with Crippen LogP contribution in [0.2, 0.25) is 0 Å². The fourth-order valence-corrected chi connectivity index (χ4v) is 1.27. The summed E-state index contributed by atoms with van der Waals surface area (Å²) in [5.41, 5.74) is 0. The molecule has 0 bridgehead atoms. The molecule has 1 N–H and O–H groups in total. The summed E-state index contributed by atoms with van der Waals surface area (Å²) < 4.78 is 5.04. The molecule has 0 saturated carbocycles. The van der Waals surface area contributed by atoms with E-state index >= 15 is 0 Å². The summed E-state index contributed by atoms with van der Waals surface area (Å²) in [7, 11) is 0. The molecule has 2 unspecified atom stereocenters. The molecule has 0 aromatic carbocycles. The number of carboxylic acid groups (broad SMARTS) is 1. The first-order valence-corrected chi connectivity index (χ1v) is 3.56. The van der Waals surface area contributed by atoms with Gasteiger partial charge in [0.25, 0.3) is 0 Å². The molecular weight excluding hydrogens is 132 g/mol. The Morgan fingerprint density at radius 3 is 2.80 bits per heavy atom. The van der Waals surface area contributed by atoms with Crippen LogP contribution in [0.25, 0.3) is 0 Å². The largest absolute Gasteiger partial charge is 0.481 e. The van der Waals surface area contributed by atoms with Crippen LogP contribution in [-0.2, 0) is 9.53 Å². The van der Waals surface area contributed by atoms with E-state index < -0.39 is 5.97 Å². The van der Waals surface area contributed by atoms with Crippen molar-refractivity contribution >= 4 is 5.97 Å². The second kappa shape index (κ2) is 3.01. The second-order valence-corrected chi connectivity index (χ2v) is 2.65. The summed E-state index contributed by atoms with van der Waals surface area (Å²) in [6.45, 7) is 3.01. The van der Waals surface area contributed by atoms with Crippen molar-refractivity contribution in [3.63, 3.8) is 0 Å². The highest BCUT2D eigenvalue weighted by Crippen LogP contribution is 2.23. The van der Waals surface area contributed by atoms with Crippen LogP contribution in [0.1, 0.15) is 13.3 Å². The molecule has 1 fully saturated rings. The van der Waals surface area contributed by atoms with Gasteiger partial charge in [-0.3, -0.25) is 4.79 Å². The van der Waals surface area contributed by atoms with Crippen molar-refractivity contribution in [2.24, 2.45) is 11.8 Å². The lowest BCUT2D eigenvalue weighted by Crippen LogP contribution is -2.21. The lowest BCUT2D eigenvalue weighted by Gasteiger charge is -2.08. The lowest BCUT2D eigenvalue weighted by molar-refractivity contribution is -0.142. The van der Waals surface area contributed by atoms with Crippen LogP contribution in [-0.4, -0.2) is 24.3 Å². The van der Waals surface area contributed by atoms with Crippen molar-refractivity contribution in [2.75, 3.05) is 13.2 Å². The quantitative estimate of drug-likeness (QED) is 0.621. The average Bonchev–Trinajstić information content (AvgIpc) is 2.33. The molecule has 2 atom stereocenters. The standard InChI is InChI=1S/C7H12O3/c1-2-5-3-10-4-6(5)7(8)9/h5-6H,2-4H2,1H3,(H,8,9). The molecule has 0 aromatic rings. The summed E-state index contributed by atoms with van der Waals surface area (Å²) in [5, 5.41) is 8.63. The van der Waals surface area contributed by atoms with Gasteiger partial charge in [-0.2, -0.15) is 0 Å². The first kappa shape index (κ1) is 7.54. The lowest BCUT2D eigenvalue weighted by atomic mass is 9.94. The molecule has 0 radical (unpaired) electrons. The summed E-state index contributed by atoms with van der Waals surface area (Å²) in [6.07, 6.45) is 0.900. The van der Waals surface area contributed by atoms with E-state index in [1.807, 2.05) is 6.92 Å². The third-order valence-corrected chi connectivity index (χ3v) is 2.04.